The molecule has 0 saturated heterocycles. The molecule has 0 bridgehead atoms. The van der Waals surface area contributed by atoms with Crippen LogP contribution in [0.3, 0.4) is 0 Å². The van der Waals surface area contributed by atoms with Gasteiger partial charge in [0.2, 0.25) is 0 Å². The SMILES string of the molecule is [Br][Mg][CH]1c2ccccc2-c2ccccc21. The Kier molecular flexibility index (Phi) is 2.59. The van der Waals surface area contributed by atoms with Crippen LogP contribution in [0.4, 0.5) is 0 Å². The summed E-state index contributed by atoms with van der Waals surface area (Å²) in [5, 5.41) is 0. The zero-order valence-corrected chi connectivity index (χ0v) is 11.3. The lowest BCUT2D eigenvalue weighted by atomic mass is 10.1. The van der Waals surface area contributed by atoms with Gasteiger partial charge in [-0.2, -0.15) is 0 Å². The van der Waals surface area contributed by atoms with E-state index in [1.807, 2.05) is 0 Å². The van der Waals surface area contributed by atoms with Gasteiger partial charge < -0.3 is 12.9 Å². The van der Waals surface area contributed by atoms with E-state index in [2.05, 4.69) is 61.4 Å². The van der Waals surface area contributed by atoms with Crippen LogP contribution in [-0.2, 0) is 0 Å². The van der Waals surface area contributed by atoms with Crippen molar-refractivity contribution >= 4 is 31.1 Å². The molecule has 3 rings (SSSR count). The minimum atomic E-state index is -0.214. The topological polar surface area (TPSA) is 0 Å². The summed E-state index contributed by atoms with van der Waals surface area (Å²) < 4.78 is 0.664. The van der Waals surface area contributed by atoms with Crippen molar-refractivity contribution in [2.45, 2.75) is 4.05 Å². The highest BCUT2D eigenvalue weighted by Crippen LogP contribution is 2.44. The van der Waals surface area contributed by atoms with Gasteiger partial charge in [0.05, 0.1) is 0 Å². The van der Waals surface area contributed by atoms with Crippen molar-refractivity contribution in [3.8, 4) is 11.1 Å². The molecule has 0 aromatic heterocycles. The molecular formula is C13H9BrMg. The number of benzene rings is 2. The predicted octanol–water partition coefficient (Wildman–Crippen LogP) is 3.77. The van der Waals surface area contributed by atoms with Crippen LogP contribution in [0.15, 0.2) is 48.5 Å². The van der Waals surface area contributed by atoms with Crippen molar-refractivity contribution in [3.63, 3.8) is 0 Å². The molecule has 0 spiro atoms. The third kappa shape index (κ3) is 1.47. The molecule has 1 aliphatic rings. The van der Waals surface area contributed by atoms with E-state index in [0.717, 1.165) is 0 Å². The summed E-state index contributed by atoms with van der Waals surface area (Å²) in [6.07, 6.45) is 0. The molecule has 1 aliphatic carbocycles. The first-order valence-corrected chi connectivity index (χ1v) is 9.87. The molecule has 0 unspecified atom stereocenters. The lowest BCUT2D eigenvalue weighted by Crippen LogP contribution is -1.99. The highest BCUT2D eigenvalue weighted by atomic mass is 79.9. The zero-order chi connectivity index (χ0) is 10.3. The van der Waals surface area contributed by atoms with Crippen LogP contribution in [0.25, 0.3) is 11.1 Å². The summed E-state index contributed by atoms with van der Waals surface area (Å²) in [7, 11) is 0. The Bertz CT molecular complexity index is 462. The van der Waals surface area contributed by atoms with E-state index in [1.165, 1.54) is 22.3 Å². The molecule has 15 heavy (non-hydrogen) atoms. The van der Waals surface area contributed by atoms with Gasteiger partial charge in [-0.25, -0.2) is 0 Å². The van der Waals surface area contributed by atoms with E-state index in [1.54, 1.807) is 0 Å². The van der Waals surface area contributed by atoms with Gasteiger partial charge in [-0.1, -0.05) is 63.7 Å². The van der Waals surface area contributed by atoms with E-state index in [9.17, 15) is 0 Å². The second kappa shape index (κ2) is 3.93. The van der Waals surface area contributed by atoms with Gasteiger partial charge in [0.15, 0.2) is 0 Å². The number of fused-ring (bicyclic) bond motifs is 3. The summed E-state index contributed by atoms with van der Waals surface area (Å²) >= 11 is 3.54. The Morgan fingerprint density at radius 1 is 0.800 bits per heavy atom. The van der Waals surface area contributed by atoms with Crippen molar-refractivity contribution in [3.05, 3.63) is 59.7 Å². The first-order valence-electron chi connectivity index (χ1n) is 5.16. The molecule has 2 aromatic rings. The van der Waals surface area contributed by atoms with Gasteiger partial charge in [-0.15, -0.1) is 0 Å². The fourth-order valence-electron chi connectivity index (χ4n) is 2.43. The number of rotatable bonds is 1. The van der Waals surface area contributed by atoms with Crippen molar-refractivity contribution in [2.75, 3.05) is 0 Å². The van der Waals surface area contributed by atoms with E-state index in [-0.39, 0.29) is 18.2 Å². The standard InChI is InChI=1S/C13H9.BrH.Mg/c1-3-7-12-10(5-1)9-11-6-2-4-8-13(11)12;;/h1-9H;1H;/q;;+1/p-1. The average Bonchev–Trinajstić information content (AvgIpc) is 2.63. The first kappa shape index (κ1) is 9.88. The molecule has 70 valence electrons. The average molecular weight is 269 g/mol. The molecule has 0 heterocycles. The van der Waals surface area contributed by atoms with Crippen LogP contribution in [0.5, 0.6) is 0 Å². The lowest BCUT2D eigenvalue weighted by molar-refractivity contribution is 1.20. The van der Waals surface area contributed by atoms with Crippen LogP contribution < -0.4 is 0 Å². The van der Waals surface area contributed by atoms with Gasteiger partial charge in [0.25, 0.3) is 0 Å². The van der Waals surface area contributed by atoms with Crippen LogP contribution in [0.1, 0.15) is 15.2 Å². The smallest absolute Gasteiger partial charge is 0.305 e. The summed E-state index contributed by atoms with van der Waals surface area (Å²) in [4.78, 5) is 0. The second-order valence-electron chi connectivity index (χ2n) is 3.88. The van der Waals surface area contributed by atoms with Gasteiger partial charge in [-0.3, -0.25) is 0 Å². The number of hydrogen-bond acceptors (Lipinski definition) is 0. The minimum absolute atomic E-state index is 0.214. The maximum absolute atomic E-state index is 3.75. The Morgan fingerprint density at radius 3 is 1.73 bits per heavy atom. The lowest BCUT2D eigenvalue weighted by Gasteiger charge is -2.07. The molecule has 0 amide bonds. The van der Waals surface area contributed by atoms with Crippen LogP contribution in [0.2, 0.25) is 0 Å². The molecule has 2 heteroatoms. The summed E-state index contributed by atoms with van der Waals surface area (Å²) in [6.45, 7) is 0. The third-order valence-corrected chi connectivity index (χ3v) is 6.25. The molecule has 0 saturated carbocycles. The predicted molar refractivity (Wildman–Crippen MR) is 68.4 cm³/mol. The maximum atomic E-state index is 3.75. The second-order valence-corrected chi connectivity index (χ2v) is 6.95. The van der Waals surface area contributed by atoms with E-state index >= 15 is 0 Å². The third-order valence-electron chi connectivity index (χ3n) is 3.12. The van der Waals surface area contributed by atoms with Gasteiger partial charge in [-0.05, 0) is 11.1 Å². The molecule has 0 atom stereocenters. The summed E-state index contributed by atoms with van der Waals surface area (Å²) in [5.41, 5.74) is 5.90. The molecular weight excluding hydrogens is 260 g/mol. The Labute approximate surface area is 105 Å². The Hall–Kier alpha value is -0.314. The highest BCUT2D eigenvalue weighted by molar-refractivity contribution is 9.23. The summed E-state index contributed by atoms with van der Waals surface area (Å²) in [5.74, 6) is 0. The Morgan fingerprint density at radius 2 is 1.27 bits per heavy atom. The van der Waals surface area contributed by atoms with E-state index in [4.69, 9.17) is 0 Å². The van der Waals surface area contributed by atoms with Crippen molar-refractivity contribution in [1.82, 2.24) is 0 Å². The fourth-order valence-corrected chi connectivity index (χ4v) is 5.56. The number of halogens is 1. The monoisotopic (exact) mass is 268 g/mol. The van der Waals surface area contributed by atoms with Crippen molar-refractivity contribution in [1.29, 1.82) is 0 Å². The normalized spacial score (nSPS) is 13.1. The van der Waals surface area contributed by atoms with Crippen LogP contribution >= 0.6 is 12.9 Å². The molecule has 2 aromatic carbocycles. The first-order chi connectivity index (χ1) is 7.42. The van der Waals surface area contributed by atoms with E-state index in [0.29, 0.717) is 4.05 Å². The van der Waals surface area contributed by atoms with Crippen molar-refractivity contribution < 1.29 is 0 Å². The fraction of sp³-hybridized carbons (Fsp3) is 0.0769. The molecule has 0 radical (unpaired) electrons. The highest BCUT2D eigenvalue weighted by Gasteiger charge is 2.27. The summed E-state index contributed by atoms with van der Waals surface area (Å²) in [6, 6.07) is 17.6. The van der Waals surface area contributed by atoms with Crippen LogP contribution in [-0.4, -0.2) is 18.2 Å². The van der Waals surface area contributed by atoms with Gasteiger partial charge in [0.1, 0.15) is 0 Å². The largest absolute Gasteiger partial charge is 0.482 e. The van der Waals surface area contributed by atoms with Gasteiger partial charge >= 0.3 is 18.2 Å². The Balaban J connectivity index is 2.31. The maximum Gasteiger partial charge on any atom is 0.482 e. The molecule has 0 nitrogen and oxygen atoms in total. The van der Waals surface area contributed by atoms with Gasteiger partial charge in [0, 0.05) is 0 Å². The number of hydrogen-bond donors (Lipinski definition) is 0. The molecule has 0 aliphatic heterocycles. The quantitative estimate of drug-likeness (QED) is 0.691. The molecule has 0 fully saturated rings. The van der Waals surface area contributed by atoms with Crippen LogP contribution in [0, 0.1) is 0 Å². The minimum Gasteiger partial charge on any atom is -0.305 e. The van der Waals surface area contributed by atoms with E-state index < -0.39 is 0 Å². The zero-order valence-electron chi connectivity index (χ0n) is 8.28. The van der Waals surface area contributed by atoms with Crippen molar-refractivity contribution in [2.24, 2.45) is 0 Å². The molecule has 0 N–H and O–H groups in total.